The number of aromatic nitrogens is 1. The number of pyridine rings is 1. The molecule has 1 aromatic carbocycles. The van der Waals surface area contributed by atoms with E-state index in [1.807, 2.05) is 38.1 Å². The molecule has 1 unspecified atom stereocenters. The van der Waals surface area contributed by atoms with E-state index in [0.717, 1.165) is 41.5 Å². The van der Waals surface area contributed by atoms with Crippen LogP contribution < -0.4 is 0 Å². The molecule has 3 heterocycles. The Bertz CT molecular complexity index is 848. The maximum atomic E-state index is 12.8. The molecule has 150 valence electrons. The van der Waals surface area contributed by atoms with Crippen LogP contribution in [0, 0.1) is 6.92 Å². The third-order valence-electron chi connectivity index (χ3n) is 5.69. The molecule has 0 saturated carbocycles. The fraction of sp³-hybridized carbons (Fsp3) is 0.545. The first-order valence-electron chi connectivity index (χ1n) is 10.2. The Morgan fingerprint density at radius 2 is 2.04 bits per heavy atom. The highest BCUT2D eigenvalue weighted by Crippen LogP contribution is 2.29. The Kier molecular flexibility index (Phi) is 5.90. The van der Waals surface area contributed by atoms with Crippen molar-refractivity contribution in [1.82, 2.24) is 9.88 Å². The molecule has 1 aromatic heterocycles. The quantitative estimate of drug-likeness (QED) is 0.736. The molecule has 0 bridgehead atoms. The zero-order valence-electron chi connectivity index (χ0n) is 16.6. The molecule has 28 heavy (non-hydrogen) atoms. The maximum Gasteiger partial charge on any atom is 0.340 e. The first kappa shape index (κ1) is 19.3. The Labute approximate surface area is 165 Å². The number of likely N-dealkylation sites (tertiary alicyclic amines) is 1. The van der Waals surface area contributed by atoms with Crippen LogP contribution in [-0.4, -0.2) is 54.6 Å². The predicted octanol–water partition coefficient (Wildman–Crippen LogP) is 3.45. The highest BCUT2D eigenvalue weighted by atomic mass is 16.7. The lowest BCUT2D eigenvalue weighted by Gasteiger charge is -2.38. The number of para-hydroxylation sites is 1. The van der Waals surface area contributed by atoms with Gasteiger partial charge in [-0.1, -0.05) is 24.6 Å². The van der Waals surface area contributed by atoms with Crippen LogP contribution >= 0.6 is 0 Å². The SMILES string of the molecule is CCOC(=O)c1c(CN2CCCCC2C2OCCO2)nc2ccccc2c1C. The predicted molar refractivity (Wildman–Crippen MR) is 106 cm³/mol. The number of aryl methyl sites for hydroxylation is 1. The third-order valence-corrected chi connectivity index (χ3v) is 5.69. The van der Waals surface area contributed by atoms with Gasteiger partial charge < -0.3 is 14.2 Å². The van der Waals surface area contributed by atoms with Crippen LogP contribution in [-0.2, 0) is 20.8 Å². The number of ether oxygens (including phenoxy) is 3. The summed E-state index contributed by atoms with van der Waals surface area (Å²) < 4.78 is 17.0. The van der Waals surface area contributed by atoms with Crippen LogP contribution in [0.1, 0.15) is 47.8 Å². The minimum absolute atomic E-state index is 0.187. The second kappa shape index (κ2) is 8.55. The lowest BCUT2D eigenvalue weighted by atomic mass is 9.98. The van der Waals surface area contributed by atoms with Crippen LogP contribution in [0.2, 0.25) is 0 Å². The van der Waals surface area contributed by atoms with Crippen molar-refractivity contribution in [3.05, 3.63) is 41.1 Å². The van der Waals surface area contributed by atoms with E-state index in [2.05, 4.69) is 4.90 Å². The van der Waals surface area contributed by atoms with Gasteiger partial charge >= 0.3 is 5.97 Å². The second-order valence-electron chi connectivity index (χ2n) is 7.44. The first-order chi connectivity index (χ1) is 13.7. The van der Waals surface area contributed by atoms with Gasteiger partial charge in [0.15, 0.2) is 6.29 Å². The molecule has 0 spiro atoms. The summed E-state index contributed by atoms with van der Waals surface area (Å²) in [4.78, 5) is 20.0. The molecule has 2 saturated heterocycles. The van der Waals surface area contributed by atoms with E-state index in [1.54, 1.807) is 0 Å². The van der Waals surface area contributed by atoms with E-state index in [-0.39, 0.29) is 18.3 Å². The summed E-state index contributed by atoms with van der Waals surface area (Å²) in [5.74, 6) is -0.296. The van der Waals surface area contributed by atoms with Gasteiger partial charge in [-0.25, -0.2) is 4.79 Å². The molecule has 2 fully saturated rings. The molecule has 0 N–H and O–H groups in total. The van der Waals surface area contributed by atoms with Gasteiger partial charge in [0.2, 0.25) is 0 Å². The van der Waals surface area contributed by atoms with Gasteiger partial charge in [-0.3, -0.25) is 9.88 Å². The van der Waals surface area contributed by atoms with Gasteiger partial charge in [0.1, 0.15) is 0 Å². The van der Waals surface area contributed by atoms with Gasteiger partial charge in [0, 0.05) is 11.9 Å². The van der Waals surface area contributed by atoms with E-state index < -0.39 is 0 Å². The fourth-order valence-corrected chi connectivity index (χ4v) is 4.34. The fourth-order valence-electron chi connectivity index (χ4n) is 4.34. The Balaban J connectivity index is 1.71. The van der Waals surface area contributed by atoms with Crippen molar-refractivity contribution in [3.8, 4) is 0 Å². The molecular weight excluding hydrogens is 356 g/mol. The van der Waals surface area contributed by atoms with Crippen molar-refractivity contribution in [1.29, 1.82) is 0 Å². The molecule has 0 aliphatic carbocycles. The summed E-state index contributed by atoms with van der Waals surface area (Å²) in [5.41, 5.74) is 3.21. The number of carbonyl (C=O) groups is 1. The molecule has 1 atom stereocenters. The van der Waals surface area contributed by atoms with Crippen LogP contribution in [0.4, 0.5) is 0 Å². The molecule has 2 aliphatic rings. The molecule has 0 amide bonds. The molecule has 0 radical (unpaired) electrons. The first-order valence-corrected chi connectivity index (χ1v) is 10.2. The van der Waals surface area contributed by atoms with Gasteiger partial charge in [0.25, 0.3) is 0 Å². The number of benzene rings is 1. The van der Waals surface area contributed by atoms with Gasteiger partial charge in [0.05, 0.1) is 42.6 Å². The molecule has 6 nitrogen and oxygen atoms in total. The Morgan fingerprint density at radius 3 is 2.82 bits per heavy atom. The highest BCUT2D eigenvalue weighted by Gasteiger charge is 2.34. The lowest BCUT2D eigenvalue weighted by Crippen LogP contribution is -2.47. The van der Waals surface area contributed by atoms with Crippen molar-refractivity contribution < 1.29 is 19.0 Å². The van der Waals surface area contributed by atoms with Crippen LogP contribution in [0.15, 0.2) is 24.3 Å². The lowest BCUT2D eigenvalue weighted by molar-refractivity contribution is -0.111. The normalized spacial score (nSPS) is 21.3. The number of esters is 1. The number of rotatable bonds is 5. The van der Waals surface area contributed by atoms with Crippen LogP contribution in [0.25, 0.3) is 10.9 Å². The number of nitrogens with zero attached hydrogens (tertiary/aromatic N) is 2. The Morgan fingerprint density at radius 1 is 1.25 bits per heavy atom. The van der Waals surface area contributed by atoms with Crippen LogP contribution in [0.5, 0.6) is 0 Å². The smallest absolute Gasteiger partial charge is 0.340 e. The summed E-state index contributed by atoms with van der Waals surface area (Å²) in [5, 5.41) is 0.993. The maximum absolute atomic E-state index is 12.8. The van der Waals surface area contributed by atoms with E-state index in [4.69, 9.17) is 19.2 Å². The Hall–Kier alpha value is -2.02. The van der Waals surface area contributed by atoms with Crippen LogP contribution in [0.3, 0.4) is 0 Å². The standard InChI is InChI=1S/C22H28N2O4/c1-3-26-21(25)20-15(2)16-8-4-5-9-17(16)23-18(20)14-24-11-7-6-10-19(24)22-27-12-13-28-22/h4-5,8-9,19,22H,3,6-7,10-14H2,1-2H3. The summed E-state index contributed by atoms with van der Waals surface area (Å²) >= 11 is 0. The van der Waals surface area contributed by atoms with Crippen molar-refractivity contribution in [2.75, 3.05) is 26.4 Å². The monoisotopic (exact) mass is 384 g/mol. The highest BCUT2D eigenvalue weighted by molar-refractivity contribution is 5.98. The molecule has 2 aliphatic heterocycles. The van der Waals surface area contributed by atoms with Gasteiger partial charge in [-0.05, 0) is 44.9 Å². The summed E-state index contributed by atoms with van der Waals surface area (Å²) in [6.45, 7) is 7.00. The molecule has 6 heteroatoms. The van der Waals surface area contributed by atoms with E-state index in [0.29, 0.717) is 31.9 Å². The second-order valence-corrected chi connectivity index (χ2v) is 7.44. The summed E-state index contributed by atoms with van der Waals surface area (Å²) in [7, 11) is 0. The van der Waals surface area contributed by atoms with E-state index in [1.165, 1.54) is 6.42 Å². The van der Waals surface area contributed by atoms with Gasteiger partial charge in [-0.15, -0.1) is 0 Å². The zero-order valence-corrected chi connectivity index (χ0v) is 16.6. The summed E-state index contributed by atoms with van der Waals surface area (Å²) in [6.07, 6.45) is 3.14. The molecule has 4 rings (SSSR count). The molecular formula is C22H28N2O4. The van der Waals surface area contributed by atoms with E-state index >= 15 is 0 Å². The average Bonchev–Trinajstić information content (AvgIpc) is 3.23. The van der Waals surface area contributed by atoms with Crippen molar-refractivity contribution >= 4 is 16.9 Å². The number of hydrogen-bond donors (Lipinski definition) is 0. The molecule has 2 aromatic rings. The number of piperidine rings is 1. The van der Waals surface area contributed by atoms with Gasteiger partial charge in [-0.2, -0.15) is 0 Å². The third kappa shape index (κ3) is 3.77. The van der Waals surface area contributed by atoms with E-state index in [9.17, 15) is 4.79 Å². The zero-order chi connectivity index (χ0) is 19.5. The van der Waals surface area contributed by atoms with Crippen molar-refractivity contribution in [2.24, 2.45) is 0 Å². The number of carbonyl (C=O) groups excluding carboxylic acids is 1. The minimum atomic E-state index is -0.296. The number of fused-ring (bicyclic) bond motifs is 1. The minimum Gasteiger partial charge on any atom is -0.462 e. The van der Waals surface area contributed by atoms with Crippen molar-refractivity contribution in [3.63, 3.8) is 0 Å². The summed E-state index contributed by atoms with van der Waals surface area (Å²) in [6, 6.07) is 8.15. The number of hydrogen-bond acceptors (Lipinski definition) is 6. The average molecular weight is 384 g/mol. The van der Waals surface area contributed by atoms with Crippen molar-refractivity contribution in [2.45, 2.75) is 52.0 Å². The topological polar surface area (TPSA) is 60.9 Å². The largest absolute Gasteiger partial charge is 0.462 e.